The molecule has 3 nitrogen and oxygen atoms in total. The molecule has 0 amide bonds. The lowest BCUT2D eigenvalue weighted by Crippen LogP contribution is -2.05. The molecule has 0 bridgehead atoms. The van der Waals surface area contributed by atoms with Gasteiger partial charge in [-0.2, -0.15) is 0 Å². The molecule has 0 radical (unpaired) electrons. The van der Waals surface area contributed by atoms with Crippen LogP contribution in [0.4, 0.5) is 4.39 Å². The zero-order valence-electron chi connectivity index (χ0n) is 12.1. The Morgan fingerprint density at radius 1 is 1.27 bits per heavy atom. The number of allylic oxidation sites excluding steroid dienone is 2. The van der Waals surface area contributed by atoms with Crippen molar-refractivity contribution in [1.82, 2.24) is 4.98 Å². The number of carbonyl (C=O) groups is 1. The van der Waals surface area contributed by atoms with E-state index in [0.717, 1.165) is 29.5 Å². The average Bonchev–Trinajstić information content (AvgIpc) is 2.53. The molecule has 3 rings (SSSR count). The van der Waals surface area contributed by atoms with Crippen LogP contribution in [0.5, 0.6) is 0 Å². The molecule has 0 fully saturated rings. The maximum Gasteiger partial charge on any atom is 0.336 e. The van der Waals surface area contributed by atoms with E-state index in [4.69, 9.17) is 0 Å². The van der Waals surface area contributed by atoms with Crippen LogP contribution in [-0.4, -0.2) is 16.1 Å². The summed E-state index contributed by atoms with van der Waals surface area (Å²) < 4.78 is 13.5. The standard InChI is InChI=1S/C18H16FNO2/c19-15-7-6-13-3-1-2-12(17(13)10-15)4-5-14-11-20-9-8-16(14)18(21)22/h2,6-11H,1,3-5H2,(H,21,22). The molecule has 0 unspecified atom stereocenters. The number of hydrogen-bond acceptors (Lipinski definition) is 2. The monoisotopic (exact) mass is 297 g/mol. The Bertz CT molecular complexity index is 753. The minimum atomic E-state index is -0.943. The Morgan fingerprint density at radius 2 is 2.14 bits per heavy atom. The Balaban J connectivity index is 1.82. The van der Waals surface area contributed by atoms with Gasteiger partial charge in [0.1, 0.15) is 5.82 Å². The highest BCUT2D eigenvalue weighted by atomic mass is 19.1. The Kier molecular flexibility index (Phi) is 4.00. The summed E-state index contributed by atoms with van der Waals surface area (Å²) in [5.74, 6) is -1.18. The van der Waals surface area contributed by atoms with E-state index in [2.05, 4.69) is 11.1 Å². The number of rotatable bonds is 4. The van der Waals surface area contributed by atoms with Crippen LogP contribution in [0.2, 0.25) is 0 Å². The lowest BCUT2D eigenvalue weighted by molar-refractivity contribution is 0.0695. The van der Waals surface area contributed by atoms with Gasteiger partial charge in [-0.3, -0.25) is 4.98 Å². The van der Waals surface area contributed by atoms with Gasteiger partial charge in [0.2, 0.25) is 0 Å². The fourth-order valence-corrected chi connectivity index (χ4v) is 2.92. The first-order valence-corrected chi connectivity index (χ1v) is 7.29. The predicted molar refractivity (Wildman–Crippen MR) is 82.2 cm³/mol. The topological polar surface area (TPSA) is 50.2 Å². The molecule has 1 N–H and O–H groups in total. The van der Waals surface area contributed by atoms with Crippen LogP contribution in [0.3, 0.4) is 0 Å². The van der Waals surface area contributed by atoms with E-state index >= 15 is 0 Å². The SMILES string of the molecule is O=C(O)c1ccncc1CCC1=CCCc2ccc(F)cc21. The lowest BCUT2D eigenvalue weighted by Gasteiger charge is -2.18. The highest BCUT2D eigenvalue weighted by Gasteiger charge is 2.15. The quantitative estimate of drug-likeness (QED) is 0.931. The molecule has 0 atom stereocenters. The highest BCUT2D eigenvalue weighted by molar-refractivity contribution is 5.89. The van der Waals surface area contributed by atoms with E-state index < -0.39 is 5.97 Å². The number of hydrogen-bond donors (Lipinski definition) is 1. The minimum Gasteiger partial charge on any atom is -0.478 e. The van der Waals surface area contributed by atoms with Crippen molar-refractivity contribution in [2.24, 2.45) is 0 Å². The van der Waals surface area contributed by atoms with Gasteiger partial charge in [-0.15, -0.1) is 0 Å². The number of carboxylic acid groups (broad SMARTS) is 1. The lowest BCUT2D eigenvalue weighted by atomic mass is 9.87. The van der Waals surface area contributed by atoms with Crippen molar-refractivity contribution in [3.63, 3.8) is 0 Å². The highest BCUT2D eigenvalue weighted by Crippen LogP contribution is 2.30. The summed E-state index contributed by atoms with van der Waals surface area (Å²) in [4.78, 5) is 15.2. The molecule has 1 heterocycles. The first-order chi connectivity index (χ1) is 10.6. The van der Waals surface area contributed by atoms with Crippen LogP contribution in [0.25, 0.3) is 5.57 Å². The van der Waals surface area contributed by atoms with Gasteiger partial charge in [0, 0.05) is 12.4 Å². The van der Waals surface area contributed by atoms with E-state index in [-0.39, 0.29) is 11.4 Å². The van der Waals surface area contributed by atoms with Crippen LogP contribution in [0, 0.1) is 5.82 Å². The van der Waals surface area contributed by atoms with Gasteiger partial charge in [0.05, 0.1) is 5.56 Å². The number of halogens is 1. The minimum absolute atomic E-state index is 0.237. The van der Waals surface area contributed by atoms with Crippen LogP contribution >= 0.6 is 0 Å². The third kappa shape index (κ3) is 2.91. The largest absolute Gasteiger partial charge is 0.478 e. The summed E-state index contributed by atoms with van der Waals surface area (Å²) in [5.41, 5.74) is 4.18. The average molecular weight is 297 g/mol. The number of aryl methyl sites for hydroxylation is 2. The van der Waals surface area contributed by atoms with E-state index in [1.807, 2.05) is 6.07 Å². The summed E-state index contributed by atoms with van der Waals surface area (Å²) >= 11 is 0. The van der Waals surface area contributed by atoms with E-state index in [1.165, 1.54) is 18.3 Å². The Labute approximate surface area is 128 Å². The maximum absolute atomic E-state index is 13.5. The van der Waals surface area contributed by atoms with Crippen LogP contribution in [0.15, 0.2) is 42.7 Å². The number of nitrogens with zero attached hydrogens (tertiary/aromatic N) is 1. The molecule has 0 saturated heterocycles. The number of aromatic nitrogens is 1. The Morgan fingerprint density at radius 3 is 2.95 bits per heavy atom. The van der Waals surface area contributed by atoms with Gasteiger partial charge in [-0.25, -0.2) is 9.18 Å². The van der Waals surface area contributed by atoms with E-state index in [1.54, 1.807) is 12.3 Å². The number of aromatic carboxylic acids is 1. The van der Waals surface area contributed by atoms with Gasteiger partial charge in [-0.05, 0) is 66.1 Å². The first-order valence-electron chi connectivity index (χ1n) is 7.29. The normalized spacial score (nSPS) is 13.4. The number of fused-ring (bicyclic) bond motifs is 1. The molecule has 1 aliphatic carbocycles. The van der Waals surface area contributed by atoms with Crippen LogP contribution in [-0.2, 0) is 12.8 Å². The smallest absolute Gasteiger partial charge is 0.336 e. The predicted octanol–water partition coefficient (Wildman–Crippen LogP) is 3.88. The molecular formula is C18H16FNO2. The molecule has 1 aromatic heterocycles. The van der Waals surface area contributed by atoms with Crippen molar-refractivity contribution < 1.29 is 14.3 Å². The second-order valence-corrected chi connectivity index (χ2v) is 5.41. The molecule has 0 spiro atoms. The molecule has 4 heteroatoms. The van der Waals surface area contributed by atoms with E-state index in [0.29, 0.717) is 18.4 Å². The summed E-state index contributed by atoms with van der Waals surface area (Å²) in [7, 11) is 0. The molecule has 1 aliphatic rings. The third-order valence-electron chi connectivity index (χ3n) is 4.02. The van der Waals surface area contributed by atoms with Crippen molar-refractivity contribution in [3.8, 4) is 0 Å². The zero-order chi connectivity index (χ0) is 15.5. The molecule has 22 heavy (non-hydrogen) atoms. The van der Waals surface area contributed by atoms with E-state index in [9.17, 15) is 14.3 Å². The summed E-state index contributed by atoms with van der Waals surface area (Å²) in [6.45, 7) is 0. The first kappa shape index (κ1) is 14.4. The number of benzene rings is 1. The number of pyridine rings is 1. The number of carboxylic acids is 1. The second-order valence-electron chi connectivity index (χ2n) is 5.41. The molecule has 112 valence electrons. The molecule has 1 aromatic carbocycles. The van der Waals surface area contributed by atoms with Gasteiger partial charge < -0.3 is 5.11 Å². The maximum atomic E-state index is 13.5. The zero-order valence-corrected chi connectivity index (χ0v) is 12.1. The van der Waals surface area contributed by atoms with Gasteiger partial charge in [0.15, 0.2) is 0 Å². The van der Waals surface area contributed by atoms with Crippen molar-refractivity contribution in [3.05, 3.63) is 70.8 Å². The summed E-state index contributed by atoms with van der Waals surface area (Å²) in [6, 6.07) is 6.41. The van der Waals surface area contributed by atoms with Gasteiger partial charge in [0.25, 0.3) is 0 Å². The molecule has 0 saturated carbocycles. The second kappa shape index (κ2) is 6.10. The van der Waals surface area contributed by atoms with Crippen molar-refractivity contribution in [2.45, 2.75) is 25.7 Å². The molecular weight excluding hydrogens is 281 g/mol. The van der Waals surface area contributed by atoms with Crippen molar-refractivity contribution in [1.29, 1.82) is 0 Å². The summed E-state index contributed by atoms with van der Waals surface area (Å²) in [6.07, 6.45) is 8.33. The van der Waals surface area contributed by atoms with Crippen LogP contribution in [0.1, 0.15) is 39.9 Å². The van der Waals surface area contributed by atoms with Gasteiger partial charge in [-0.1, -0.05) is 12.1 Å². The van der Waals surface area contributed by atoms with Gasteiger partial charge >= 0.3 is 5.97 Å². The summed E-state index contributed by atoms with van der Waals surface area (Å²) in [5, 5.41) is 9.20. The van der Waals surface area contributed by atoms with Crippen molar-refractivity contribution >= 4 is 11.5 Å². The van der Waals surface area contributed by atoms with Crippen LogP contribution < -0.4 is 0 Å². The fourth-order valence-electron chi connectivity index (χ4n) is 2.92. The fraction of sp³-hybridized carbons (Fsp3) is 0.222. The molecule has 0 aliphatic heterocycles. The Hall–Kier alpha value is -2.49. The third-order valence-corrected chi connectivity index (χ3v) is 4.02. The molecule has 2 aromatic rings. The van der Waals surface area contributed by atoms with Crippen molar-refractivity contribution in [2.75, 3.05) is 0 Å².